The summed E-state index contributed by atoms with van der Waals surface area (Å²) >= 11 is 3.43. The van der Waals surface area contributed by atoms with E-state index in [1.807, 2.05) is 29.2 Å². The molecular formula is C13H17BrN2O. The van der Waals surface area contributed by atoms with Gasteiger partial charge in [-0.05, 0) is 34.6 Å². The number of likely N-dealkylation sites (N-methyl/N-ethyl adjacent to an activating group) is 1. The van der Waals surface area contributed by atoms with Crippen molar-refractivity contribution in [3.05, 3.63) is 34.3 Å². The molecule has 1 fully saturated rings. The van der Waals surface area contributed by atoms with E-state index in [4.69, 9.17) is 0 Å². The van der Waals surface area contributed by atoms with Gasteiger partial charge in [-0.3, -0.25) is 4.79 Å². The van der Waals surface area contributed by atoms with Crippen LogP contribution in [0.15, 0.2) is 28.7 Å². The minimum atomic E-state index is 0.133. The Labute approximate surface area is 111 Å². The molecule has 4 heteroatoms. The summed E-state index contributed by atoms with van der Waals surface area (Å²) in [7, 11) is 0. The Morgan fingerprint density at radius 1 is 1.24 bits per heavy atom. The van der Waals surface area contributed by atoms with Crippen molar-refractivity contribution in [3.8, 4) is 0 Å². The quantitative estimate of drug-likeness (QED) is 0.836. The Bertz CT molecular complexity index is 400. The zero-order chi connectivity index (χ0) is 12.3. The lowest BCUT2D eigenvalue weighted by Crippen LogP contribution is -2.48. The lowest BCUT2D eigenvalue weighted by Gasteiger charge is -2.34. The lowest BCUT2D eigenvalue weighted by molar-refractivity contribution is 0.0642. The molecule has 0 radical (unpaired) electrons. The standard InChI is InChI=1S/C13H17BrN2O/c1-2-15-7-9-16(10-8-15)13(17)11-5-3-4-6-12(11)14/h3-6H,2,7-10H2,1H3. The van der Waals surface area contributed by atoms with Gasteiger partial charge in [0.2, 0.25) is 0 Å². The molecular weight excluding hydrogens is 280 g/mol. The predicted molar refractivity (Wildman–Crippen MR) is 72.2 cm³/mol. The third-order valence-corrected chi connectivity index (χ3v) is 3.90. The van der Waals surface area contributed by atoms with Crippen LogP contribution in [0.1, 0.15) is 17.3 Å². The van der Waals surface area contributed by atoms with Crippen molar-refractivity contribution in [2.45, 2.75) is 6.92 Å². The van der Waals surface area contributed by atoms with Crippen LogP contribution in [0.25, 0.3) is 0 Å². The molecule has 0 N–H and O–H groups in total. The van der Waals surface area contributed by atoms with Gasteiger partial charge in [-0.1, -0.05) is 19.1 Å². The fraction of sp³-hybridized carbons (Fsp3) is 0.462. The van der Waals surface area contributed by atoms with E-state index in [1.165, 1.54) is 0 Å². The Hall–Kier alpha value is -0.870. The van der Waals surface area contributed by atoms with E-state index in [0.717, 1.165) is 42.8 Å². The smallest absolute Gasteiger partial charge is 0.255 e. The molecule has 0 unspecified atom stereocenters. The van der Waals surface area contributed by atoms with Gasteiger partial charge in [-0.2, -0.15) is 0 Å². The van der Waals surface area contributed by atoms with Gasteiger partial charge in [0, 0.05) is 30.7 Å². The monoisotopic (exact) mass is 296 g/mol. The highest BCUT2D eigenvalue weighted by molar-refractivity contribution is 9.10. The second-order valence-corrected chi connectivity index (χ2v) is 5.06. The molecule has 0 aromatic heterocycles. The van der Waals surface area contributed by atoms with E-state index in [0.29, 0.717) is 0 Å². The van der Waals surface area contributed by atoms with E-state index < -0.39 is 0 Å². The van der Waals surface area contributed by atoms with Gasteiger partial charge in [0.25, 0.3) is 5.91 Å². The minimum absolute atomic E-state index is 0.133. The number of nitrogens with zero attached hydrogens (tertiary/aromatic N) is 2. The summed E-state index contributed by atoms with van der Waals surface area (Å²) < 4.78 is 0.878. The fourth-order valence-electron chi connectivity index (χ4n) is 2.07. The number of halogens is 1. The number of rotatable bonds is 2. The minimum Gasteiger partial charge on any atom is -0.336 e. The van der Waals surface area contributed by atoms with Crippen LogP contribution >= 0.6 is 15.9 Å². The predicted octanol–water partition coefficient (Wildman–Crippen LogP) is 2.23. The van der Waals surface area contributed by atoms with Gasteiger partial charge >= 0.3 is 0 Å². The first-order valence-electron chi connectivity index (χ1n) is 5.98. The Kier molecular flexibility index (Phi) is 4.18. The van der Waals surface area contributed by atoms with Crippen LogP contribution in [0.3, 0.4) is 0 Å². The van der Waals surface area contributed by atoms with E-state index in [-0.39, 0.29) is 5.91 Å². The topological polar surface area (TPSA) is 23.6 Å². The van der Waals surface area contributed by atoms with Crippen molar-refractivity contribution in [1.29, 1.82) is 0 Å². The molecule has 92 valence electrons. The van der Waals surface area contributed by atoms with Gasteiger partial charge in [0.15, 0.2) is 0 Å². The van der Waals surface area contributed by atoms with Crippen LogP contribution < -0.4 is 0 Å². The van der Waals surface area contributed by atoms with Crippen LogP contribution in [-0.2, 0) is 0 Å². The molecule has 0 saturated carbocycles. The molecule has 1 aromatic rings. The highest BCUT2D eigenvalue weighted by Gasteiger charge is 2.22. The normalized spacial score (nSPS) is 17.2. The average molecular weight is 297 g/mol. The third-order valence-electron chi connectivity index (χ3n) is 3.21. The Balaban J connectivity index is 2.04. The highest BCUT2D eigenvalue weighted by Crippen LogP contribution is 2.18. The SMILES string of the molecule is CCN1CCN(C(=O)c2ccccc2Br)CC1. The van der Waals surface area contributed by atoms with Gasteiger partial charge in [-0.25, -0.2) is 0 Å². The van der Waals surface area contributed by atoms with Crippen molar-refractivity contribution in [3.63, 3.8) is 0 Å². The zero-order valence-corrected chi connectivity index (χ0v) is 11.6. The van der Waals surface area contributed by atoms with E-state index >= 15 is 0 Å². The number of carbonyl (C=O) groups excluding carboxylic acids is 1. The number of hydrogen-bond acceptors (Lipinski definition) is 2. The number of piperazine rings is 1. The second kappa shape index (κ2) is 5.65. The molecule has 1 aromatic carbocycles. The summed E-state index contributed by atoms with van der Waals surface area (Å²) in [4.78, 5) is 16.6. The lowest BCUT2D eigenvalue weighted by atomic mass is 10.2. The first kappa shape index (κ1) is 12.6. The zero-order valence-electron chi connectivity index (χ0n) is 10.0. The fourth-order valence-corrected chi connectivity index (χ4v) is 2.53. The maximum absolute atomic E-state index is 12.3. The van der Waals surface area contributed by atoms with Gasteiger partial charge in [0.1, 0.15) is 0 Å². The van der Waals surface area contributed by atoms with Crippen LogP contribution in [0.2, 0.25) is 0 Å². The summed E-state index contributed by atoms with van der Waals surface area (Å²) in [5, 5.41) is 0. The van der Waals surface area contributed by atoms with E-state index in [2.05, 4.69) is 27.8 Å². The number of amides is 1. The van der Waals surface area contributed by atoms with Gasteiger partial charge < -0.3 is 9.80 Å². The molecule has 1 amide bonds. The number of benzene rings is 1. The van der Waals surface area contributed by atoms with E-state index in [1.54, 1.807) is 0 Å². The molecule has 0 bridgehead atoms. The largest absolute Gasteiger partial charge is 0.336 e. The Morgan fingerprint density at radius 2 is 1.88 bits per heavy atom. The molecule has 1 aliphatic rings. The van der Waals surface area contributed by atoms with Crippen LogP contribution in [0.4, 0.5) is 0 Å². The second-order valence-electron chi connectivity index (χ2n) is 4.21. The van der Waals surface area contributed by atoms with Gasteiger partial charge in [-0.15, -0.1) is 0 Å². The van der Waals surface area contributed by atoms with Crippen LogP contribution in [-0.4, -0.2) is 48.4 Å². The molecule has 0 atom stereocenters. The molecule has 0 spiro atoms. The summed E-state index contributed by atoms with van der Waals surface area (Å²) in [6.45, 7) is 6.84. The van der Waals surface area contributed by atoms with Crippen molar-refractivity contribution >= 4 is 21.8 Å². The molecule has 17 heavy (non-hydrogen) atoms. The van der Waals surface area contributed by atoms with Crippen molar-refractivity contribution < 1.29 is 4.79 Å². The Morgan fingerprint density at radius 3 is 2.47 bits per heavy atom. The van der Waals surface area contributed by atoms with Crippen molar-refractivity contribution in [2.24, 2.45) is 0 Å². The van der Waals surface area contributed by atoms with E-state index in [9.17, 15) is 4.79 Å². The highest BCUT2D eigenvalue weighted by atomic mass is 79.9. The molecule has 2 rings (SSSR count). The molecule has 0 aliphatic carbocycles. The molecule has 1 aliphatic heterocycles. The number of hydrogen-bond donors (Lipinski definition) is 0. The summed E-state index contributed by atoms with van der Waals surface area (Å²) in [6.07, 6.45) is 0. The van der Waals surface area contributed by atoms with Gasteiger partial charge in [0.05, 0.1) is 5.56 Å². The summed E-state index contributed by atoms with van der Waals surface area (Å²) in [5.41, 5.74) is 0.762. The maximum atomic E-state index is 12.3. The molecule has 1 saturated heterocycles. The number of carbonyl (C=O) groups is 1. The van der Waals surface area contributed by atoms with Crippen molar-refractivity contribution in [1.82, 2.24) is 9.80 Å². The first-order chi connectivity index (χ1) is 8.22. The molecule has 1 heterocycles. The average Bonchev–Trinajstić information content (AvgIpc) is 2.39. The molecule has 3 nitrogen and oxygen atoms in total. The van der Waals surface area contributed by atoms with Crippen molar-refractivity contribution in [2.75, 3.05) is 32.7 Å². The summed E-state index contributed by atoms with van der Waals surface area (Å²) in [5.74, 6) is 0.133. The first-order valence-corrected chi connectivity index (χ1v) is 6.78. The maximum Gasteiger partial charge on any atom is 0.255 e. The van der Waals surface area contributed by atoms with Crippen LogP contribution in [0.5, 0.6) is 0 Å². The van der Waals surface area contributed by atoms with Crippen LogP contribution in [0, 0.1) is 0 Å². The summed E-state index contributed by atoms with van der Waals surface area (Å²) in [6, 6.07) is 7.62. The third kappa shape index (κ3) is 2.87.